The molecule has 0 bridgehead atoms. The molecule has 0 amide bonds. The molecule has 1 aromatic heterocycles. The summed E-state index contributed by atoms with van der Waals surface area (Å²) >= 11 is 0. The molecule has 0 saturated heterocycles. The number of aliphatic hydroxyl groups is 1. The minimum Gasteiger partial charge on any atom is -0.389 e. The number of aromatic nitrogens is 2. The number of rotatable bonds is 1. The van der Waals surface area contributed by atoms with Crippen LogP contribution in [0.5, 0.6) is 0 Å². The Kier molecular flexibility index (Phi) is 2.59. The first-order valence-electron chi connectivity index (χ1n) is 5.44. The summed E-state index contributed by atoms with van der Waals surface area (Å²) in [6.07, 6.45) is 4.41. The van der Waals surface area contributed by atoms with Crippen LogP contribution in [0.15, 0.2) is 0 Å². The predicted molar refractivity (Wildman–Crippen MR) is 55.2 cm³/mol. The lowest BCUT2D eigenvalue weighted by Gasteiger charge is -2.07. The van der Waals surface area contributed by atoms with Crippen LogP contribution in [0.3, 0.4) is 0 Å². The van der Waals surface area contributed by atoms with E-state index in [0.29, 0.717) is 0 Å². The van der Waals surface area contributed by atoms with Gasteiger partial charge in [-0.2, -0.15) is 5.10 Å². The van der Waals surface area contributed by atoms with Gasteiger partial charge in [0.1, 0.15) is 0 Å². The molecule has 1 aliphatic rings. The minimum absolute atomic E-state index is 0.378. The van der Waals surface area contributed by atoms with Gasteiger partial charge in [0.25, 0.3) is 0 Å². The van der Waals surface area contributed by atoms with Gasteiger partial charge in [-0.3, -0.25) is 4.68 Å². The number of nitrogens with zero attached hydrogens (tertiary/aromatic N) is 2. The molecule has 0 spiro atoms. The number of fused-ring (bicyclic) bond motifs is 1. The minimum atomic E-state index is -0.378. The van der Waals surface area contributed by atoms with Crippen LogP contribution in [0.25, 0.3) is 0 Å². The fourth-order valence-corrected chi connectivity index (χ4v) is 2.37. The third kappa shape index (κ3) is 1.57. The van der Waals surface area contributed by atoms with Crippen molar-refractivity contribution in [3.63, 3.8) is 0 Å². The van der Waals surface area contributed by atoms with E-state index in [1.807, 2.05) is 13.8 Å². The molecule has 3 nitrogen and oxygen atoms in total. The molecule has 0 fully saturated rings. The molecule has 0 aliphatic carbocycles. The summed E-state index contributed by atoms with van der Waals surface area (Å²) in [6, 6.07) is 0. The first kappa shape index (κ1) is 9.71. The third-order valence-electron chi connectivity index (χ3n) is 2.98. The zero-order chi connectivity index (χ0) is 10.1. The highest BCUT2D eigenvalue weighted by atomic mass is 16.3. The molecule has 2 rings (SSSR count). The fourth-order valence-electron chi connectivity index (χ4n) is 2.37. The SMILES string of the molecule is Cc1nn2c(c1[C@H](C)O)CCCCC2. The molecule has 3 heteroatoms. The van der Waals surface area contributed by atoms with Crippen molar-refractivity contribution in [2.45, 2.75) is 52.2 Å². The Hall–Kier alpha value is -0.830. The fraction of sp³-hybridized carbons (Fsp3) is 0.727. The van der Waals surface area contributed by atoms with Crippen LogP contribution in [-0.4, -0.2) is 14.9 Å². The first-order valence-corrected chi connectivity index (χ1v) is 5.44. The standard InChI is InChI=1S/C11H18N2O/c1-8-11(9(2)14)10-6-4-3-5-7-13(10)12-8/h9,14H,3-7H2,1-2H3/t9-/m0/s1. The van der Waals surface area contributed by atoms with E-state index in [-0.39, 0.29) is 6.10 Å². The van der Waals surface area contributed by atoms with Crippen LogP contribution in [0.1, 0.15) is 49.2 Å². The zero-order valence-corrected chi connectivity index (χ0v) is 8.95. The van der Waals surface area contributed by atoms with Gasteiger partial charge < -0.3 is 5.11 Å². The summed E-state index contributed by atoms with van der Waals surface area (Å²) in [7, 11) is 0. The van der Waals surface area contributed by atoms with Gasteiger partial charge in [-0.1, -0.05) is 6.42 Å². The smallest absolute Gasteiger partial charge is 0.0797 e. The van der Waals surface area contributed by atoms with Crippen LogP contribution in [0.2, 0.25) is 0 Å². The van der Waals surface area contributed by atoms with E-state index < -0.39 is 0 Å². The lowest BCUT2D eigenvalue weighted by molar-refractivity contribution is 0.197. The highest BCUT2D eigenvalue weighted by Crippen LogP contribution is 2.25. The molecule has 2 heterocycles. The van der Waals surface area contributed by atoms with Crippen molar-refractivity contribution in [2.75, 3.05) is 0 Å². The van der Waals surface area contributed by atoms with E-state index in [9.17, 15) is 5.11 Å². The molecular weight excluding hydrogens is 176 g/mol. The second-order valence-electron chi connectivity index (χ2n) is 4.16. The van der Waals surface area contributed by atoms with E-state index in [1.165, 1.54) is 25.0 Å². The van der Waals surface area contributed by atoms with E-state index in [1.54, 1.807) is 0 Å². The van der Waals surface area contributed by atoms with Gasteiger partial charge in [0, 0.05) is 17.8 Å². The highest BCUT2D eigenvalue weighted by Gasteiger charge is 2.19. The highest BCUT2D eigenvalue weighted by molar-refractivity contribution is 5.28. The van der Waals surface area contributed by atoms with E-state index in [2.05, 4.69) is 9.78 Å². The largest absolute Gasteiger partial charge is 0.389 e. The maximum atomic E-state index is 9.69. The van der Waals surface area contributed by atoms with Crippen molar-refractivity contribution in [2.24, 2.45) is 0 Å². The number of hydrogen-bond donors (Lipinski definition) is 1. The molecule has 0 saturated carbocycles. The third-order valence-corrected chi connectivity index (χ3v) is 2.98. The van der Waals surface area contributed by atoms with E-state index in [0.717, 1.165) is 24.2 Å². The van der Waals surface area contributed by atoms with Crippen molar-refractivity contribution in [3.8, 4) is 0 Å². The normalized spacial score (nSPS) is 18.8. The van der Waals surface area contributed by atoms with Gasteiger partial charge in [0.05, 0.1) is 11.8 Å². The maximum absolute atomic E-state index is 9.69. The van der Waals surface area contributed by atoms with E-state index in [4.69, 9.17) is 0 Å². The topological polar surface area (TPSA) is 38.0 Å². The summed E-state index contributed by atoms with van der Waals surface area (Å²) < 4.78 is 2.09. The molecule has 1 aliphatic heterocycles. The Bertz CT molecular complexity index is 328. The van der Waals surface area contributed by atoms with Gasteiger partial charge >= 0.3 is 0 Å². The van der Waals surface area contributed by atoms with Gasteiger partial charge in [0.2, 0.25) is 0 Å². The van der Waals surface area contributed by atoms with Crippen LogP contribution >= 0.6 is 0 Å². The molecule has 1 aromatic rings. The summed E-state index contributed by atoms with van der Waals surface area (Å²) in [5, 5.41) is 14.2. The summed E-state index contributed by atoms with van der Waals surface area (Å²) in [4.78, 5) is 0. The van der Waals surface area contributed by atoms with Gasteiger partial charge in [0.15, 0.2) is 0 Å². The molecule has 14 heavy (non-hydrogen) atoms. The Labute approximate surface area is 84.7 Å². The average molecular weight is 194 g/mol. The molecular formula is C11H18N2O. The number of hydrogen-bond acceptors (Lipinski definition) is 2. The Morgan fingerprint density at radius 1 is 1.36 bits per heavy atom. The zero-order valence-electron chi connectivity index (χ0n) is 8.95. The van der Waals surface area contributed by atoms with Crippen LogP contribution in [0, 0.1) is 6.92 Å². The van der Waals surface area contributed by atoms with Crippen LogP contribution in [0.4, 0.5) is 0 Å². The molecule has 0 radical (unpaired) electrons. The number of aryl methyl sites for hydroxylation is 2. The van der Waals surface area contributed by atoms with Crippen molar-refractivity contribution in [1.82, 2.24) is 9.78 Å². The molecule has 0 aromatic carbocycles. The summed E-state index contributed by atoms with van der Waals surface area (Å²) in [5.74, 6) is 0. The van der Waals surface area contributed by atoms with Gasteiger partial charge in [-0.25, -0.2) is 0 Å². The van der Waals surface area contributed by atoms with Gasteiger partial charge in [-0.05, 0) is 33.1 Å². The summed E-state index contributed by atoms with van der Waals surface area (Å²) in [5.41, 5.74) is 3.32. The van der Waals surface area contributed by atoms with Crippen molar-refractivity contribution in [1.29, 1.82) is 0 Å². The van der Waals surface area contributed by atoms with Crippen molar-refractivity contribution < 1.29 is 5.11 Å². The Morgan fingerprint density at radius 3 is 2.86 bits per heavy atom. The van der Waals surface area contributed by atoms with Crippen LogP contribution < -0.4 is 0 Å². The quantitative estimate of drug-likeness (QED) is 0.742. The number of aliphatic hydroxyl groups excluding tert-OH is 1. The van der Waals surface area contributed by atoms with Crippen molar-refractivity contribution in [3.05, 3.63) is 17.0 Å². The Morgan fingerprint density at radius 2 is 2.14 bits per heavy atom. The summed E-state index contributed by atoms with van der Waals surface area (Å²) in [6.45, 7) is 4.84. The van der Waals surface area contributed by atoms with E-state index >= 15 is 0 Å². The van der Waals surface area contributed by atoms with Crippen LogP contribution in [-0.2, 0) is 13.0 Å². The second kappa shape index (κ2) is 3.73. The average Bonchev–Trinajstić information content (AvgIpc) is 2.31. The molecule has 1 N–H and O–H groups in total. The lowest BCUT2D eigenvalue weighted by atomic mass is 10.0. The lowest BCUT2D eigenvalue weighted by Crippen LogP contribution is -2.04. The Balaban J connectivity index is 2.44. The molecule has 78 valence electrons. The molecule has 0 unspecified atom stereocenters. The second-order valence-corrected chi connectivity index (χ2v) is 4.16. The monoisotopic (exact) mass is 194 g/mol. The molecule has 1 atom stereocenters. The predicted octanol–water partition coefficient (Wildman–Crippen LogP) is 1.97. The van der Waals surface area contributed by atoms with Crippen molar-refractivity contribution >= 4 is 0 Å². The first-order chi connectivity index (χ1) is 6.70. The maximum Gasteiger partial charge on any atom is 0.0797 e. The van der Waals surface area contributed by atoms with Gasteiger partial charge in [-0.15, -0.1) is 0 Å².